The Kier molecular flexibility index (Phi) is 7.29. The van der Waals surface area contributed by atoms with E-state index < -0.39 is 65.9 Å². The Hall–Kier alpha value is -2.53. The van der Waals surface area contributed by atoms with Gasteiger partial charge in [-0.25, -0.2) is 4.79 Å². The van der Waals surface area contributed by atoms with Crippen molar-refractivity contribution in [3.63, 3.8) is 0 Å². The molecule has 12 heteroatoms. The summed E-state index contributed by atoms with van der Waals surface area (Å²) in [6, 6.07) is 0. The Morgan fingerprint density at radius 2 is 1.48 bits per heavy atom. The lowest BCUT2D eigenvalue weighted by Gasteiger charge is -2.20. The monoisotopic (exact) mass is 354 g/mol. The first-order valence-corrected chi connectivity index (χ1v) is 6.10. The van der Waals surface area contributed by atoms with Crippen LogP contribution in [-0.2, 0) is 33.5 Å². The maximum Gasteiger partial charge on any atom is 0.336 e. The lowest BCUT2D eigenvalue weighted by atomic mass is 9.96. The van der Waals surface area contributed by atoms with E-state index in [9.17, 15) is 33.9 Å². The summed E-state index contributed by atoms with van der Waals surface area (Å²) in [6.45, 7) is 0. The van der Waals surface area contributed by atoms with Crippen LogP contribution in [0.25, 0.3) is 0 Å². The summed E-state index contributed by atoms with van der Waals surface area (Å²) in [5, 5.41) is 33.8. The molecule has 11 nitrogen and oxygen atoms in total. The van der Waals surface area contributed by atoms with E-state index in [1.54, 1.807) is 0 Å². The molecule has 0 aromatic heterocycles. The highest BCUT2D eigenvalue weighted by atomic mass is 35.5. The zero-order valence-corrected chi connectivity index (χ0v) is 12.0. The van der Waals surface area contributed by atoms with Gasteiger partial charge in [-0.1, -0.05) is 0 Å². The minimum Gasteiger partial charge on any atom is -0.481 e. The van der Waals surface area contributed by atoms with Crippen molar-refractivity contribution in [2.45, 2.75) is 24.9 Å². The van der Waals surface area contributed by atoms with E-state index >= 15 is 0 Å². The number of carbonyl (C=O) groups is 6. The Bertz CT molecular complexity index is 554. The quantitative estimate of drug-likeness (QED) is 0.216. The molecule has 0 radical (unpaired) electrons. The average molecular weight is 355 g/mol. The van der Waals surface area contributed by atoms with Crippen LogP contribution in [-0.4, -0.2) is 61.1 Å². The van der Waals surface area contributed by atoms with Crippen molar-refractivity contribution in [2.24, 2.45) is 5.92 Å². The van der Waals surface area contributed by atoms with Crippen LogP contribution in [0.4, 0.5) is 0 Å². The molecule has 128 valence electrons. The topological polar surface area (TPSA) is 193 Å². The van der Waals surface area contributed by atoms with Crippen LogP contribution in [0, 0.1) is 5.92 Å². The number of ether oxygens (including phenoxy) is 1. The van der Waals surface area contributed by atoms with Crippen LogP contribution in [0.2, 0.25) is 0 Å². The summed E-state index contributed by atoms with van der Waals surface area (Å²) in [7, 11) is 0. The number of rotatable bonds is 9. The van der Waals surface area contributed by atoms with Crippen molar-refractivity contribution >= 4 is 46.7 Å². The molecule has 0 aliphatic carbocycles. The van der Waals surface area contributed by atoms with Crippen LogP contribution < -0.4 is 0 Å². The molecule has 0 saturated carbocycles. The van der Waals surface area contributed by atoms with Gasteiger partial charge in [-0.2, -0.15) is 0 Å². The van der Waals surface area contributed by atoms with Crippen molar-refractivity contribution in [1.82, 2.24) is 0 Å². The summed E-state index contributed by atoms with van der Waals surface area (Å²) in [5.74, 6) is -10.7. The van der Waals surface area contributed by atoms with Crippen LogP contribution in [0.3, 0.4) is 0 Å². The van der Waals surface area contributed by atoms with E-state index in [1.165, 1.54) is 0 Å². The fraction of sp³-hybridized carbons (Fsp3) is 0.455. The number of hydrogen-bond acceptors (Lipinski definition) is 8. The predicted octanol–water partition coefficient (Wildman–Crippen LogP) is -1.41. The Balaban J connectivity index is 5.00. The van der Waals surface area contributed by atoms with Crippen molar-refractivity contribution in [3.05, 3.63) is 0 Å². The number of hydrogen-bond donors (Lipinski definition) is 4. The molecule has 0 saturated heterocycles. The normalized spacial score (nSPS) is 14.2. The second kappa shape index (κ2) is 8.19. The van der Waals surface area contributed by atoms with Gasteiger partial charge in [0.1, 0.15) is 5.92 Å². The molecular formula is C11H11ClO11. The van der Waals surface area contributed by atoms with Gasteiger partial charge in [0.05, 0.1) is 19.3 Å². The largest absolute Gasteiger partial charge is 0.481 e. The van der Waals surface area contributed by atoms with Crippen molar-refractivity contribution in [1.29, 1.82) is 0 Å². The summed E-state index contributed by atoms with van der Waals surface area (Å²) in [4.78, 5) is 65.5. The SMILES string of the molecule is O=C(O)CC(C(=O)Cl)C(=O)OC(=O)CC(O)(CC(=O)O)C(=O)O. The highest BCUT2D eigenvalue weighted by Crippen LogP contribution is 2.18. The zero-order valence-electron chi connectivity index (χ0n) is 11.2. The minimum atomic E-state index is -3.05. The third-order valence-electron chi connectivity index (χ3n) is 2.43. The number of carboxylic acids is 3. The standard InChI is InChI=1S/C11H11ClO11/c12-8(18)4(1-5(13)14)9(19)23-7(17)3-11(22,10(20)21)2-6(15)16/h4,22H,1-3H2,(H,13,14)(H,15,16)(H,20,21). The second-order valence-corrected chi connectivity index (χ2v) is 4.70. The van der Waals surface area contributed by atoms with Gasteiger partial charge >= 0.3 is 29.8 Å². The summed E-state index contributed by atoms with van der Waals surface area (Å²) >= 11 is 4.98. The minimum absolute atomic E-state index is 1.08. The van der Waals surface area contributed by atoms with Gasteiger partial charge < -0.3 is 25.2 Å². The van der Waals surface area contributed by atoms with E-state index in [1.807, 2.05) is 0 Å². The van der Waals surface area contributed by atoms with Gasteiger partial charge in [-0.05, 0) is 11.6 Å². The number of aliphatic hydroxyl groups is 1. The fourth-order valence-corrected chi connectivity index (χ4v) is 1.52. The fourth-order valence-electron chi connectivity index (χ4n) is 1.35. The number of carboxylic acid groups (broad SMARTS) is 3. The maximum atomic E-state index is 11.5. The first kappa shape index (κ1) is 20.5. The molecule has 0 aliphatic rings. The van der Waals surface area contributed by atoms with Gasteiger partial charge in [0.25, 0.3) is 0 Å². The first-order chi connectivity index (χ1) is 10.4. The van der Waals surface area contributed by atoms with Gasteiger partial charge in [-0.3, -0.25) is 24.0 Å². The molecule has 23 heavy (non-hydrogen) atoms. The predicted molar refractivity (Wildman–Crippen MR) is 67.2 cm³/mol. The van der Waals surface area contributed by atoms with Gasteiger partial charge in [0.15, 0.2) is 5.60 Å². The number of halogens is 1. The number of esters is 2. The molecule has 0 spiro atoms. The van der Waals surface area contributed by atoms with Gasteiger partial charge in [0, 0.05) is 0 Å². The first-order valence-electron chi connectivity index (χ1n) is 5.72. The van der Waals surface area contributed by atoms with Gasteiger partial charge in [-0.15, -0.1) is 0 Å². The Labute approximate surface area is 132 Å². The molecule has 0 heterocycles. The molecule has 0 aliphatic heterocycles. The van der Waals surface area contributed by atoms with Crippen molar-refractivity contribution in [3.8, 4) is 0 Å². The summed E-state index contributed by atoms with van der Waals surface area (Å²) in [5.41, 5.74) is -3.05. The third-order valence-corrected chi connectivity index (χ3v) is 2.69. The lowest BCUT2D eigenvalue weighted by Crippen LogP contribution is -2.43. The van der Waals surface area contributed by atoms with Crippen LogP contribution in [0.1, 0.15) is 19.3 Å². The van der Waals surface area contributed by atoms with E-state index in [4.69, 9.17) is 26.9 Å². The molecule has 2 unspecified atom stereocenters. The molecule has 0 amide bonds. The molecule has 0 bridgehead atoms. The Morgan fingerprint density at radius 3 is 1.83 bits per heavy atom. The van der Waals surface area contributed by atoms with Crippen molar-refractivity contribution in [2.75, 3.05) is 0 Å². The lowest BCUT2D eigenvalue weighted by molar-refractivity contribution is -0.176. The van der Waals surface area contributed by atoms with E-state index in [0.29, 0.717) is 0 Å². The Morgan fingerprint density at radius 1 is 0.957 bits per heavy atom. The molecule has 0 rings (SSSR count). The second-order valence-electron chi connectivity index (χ2n) is 4.33. The van der Waals surface area contributed by atoms with Crippen LogP contribution in [0.15, 0.2) is 0 Å². The maximum absolute atomic E-state index is 11.5. The summed E-state index contributed by atoms with van der Waals surface area (Å²) < 4.78 is 4.04. The molecule has 0 aromatic rings. The highest BCUT2D eigenvalue weighted by molar-refractivity contribution is 6.65. The van der Waals surface area contributed by atoms with Gasteiger partial charge in [0.2, 0.25) is 5.24 Å². The molecule has 0 fully saturated rings. The molecule has 0 aromatic carbocycles. The van der Waals surface area contributed by atoms with E-state index in [0.717, 1.165) is 0 Å². The van der Waals surface area contributed by atoms with E-state index in [2.05, 4.69) is 4.74 Å². The molecular weight excluding hydrogens is 344 g/mol. The molecule has 4 N–H and O–H groups in total. The van der Waals surface area contributed by atoms with Crippen LogP contribution >= 0.6 is 11.6 Å². The molecule has 2 atom stereocenters. The highest BCUT2D eigenvalue weighted by Gasteiger charge is 2.42. The summed E-state index contributed by atoms with van der Waals surface area (Å²) in [6.07, 6.45) is -3.86. The zero-order chi connectivity index (χ0) is 18.4. The van der Waals surface area contributed by atoms with Crippen molar-refractivity contribution < 1.29 is 53.9 Å². The smallest absolute Gasteiger partial charge is 0.336 e. The number of carbonyl (C=O) groups excluding carboxylic acids is 3. The number of aliphatic carboxylic acids is 3. The van der Waals surface area contributed by atoms with Crippen LogP contribution in [0.5, 0.6) is 0 Å². The third kappa shape index (κ3) is 6.84. The van der Waals surface area contributed by atoms with E-state index in [-0.39, 0.29) is 0 Å². The average Bonchev–Trinajstić information content (AvgIpc) is 2.33.